The maximum absolute atomic E-state index is 12.7. The van der Waals surface area contributed by atoms with Crippen LogP contribution in [-0.2, 0) is 4.79 Å². The van der Waals surface area contributed by atoms with Crippen molar-refractivity contribution in [3.05, 3.63) is 34.6 Å². The second-order valence-corrected chi connectivity index (χ2v) is 7.12. The first-order chi connectivity index (χ1) is 10.5. The Morgan fingerprint density at radius 2 is 2.05 bits per heavy atom. The number of hydrogen-bond donors (Lipinski definition) is 0. The Morgan fingerprint density at radius 3 is 2.68 bits per heavy atom. The van der Waals surface area contributed by atoms with E-state index in [0.29, 0.717) is 16.1 Å². The predicted octanol–water partition coefficient (Wildman–Crippen LogP) is 2.30. The summed E-state index contributed by atoms with van der Waals surface area (Å²) in [6.45, 7) is 1.85. The molecule has 0 radical (unpaired) electrons. The van der Waals surface area contributed by atoms with Crippen LogP contribution in [-0.4, -0.2) is 39.7 Å². The number of hydrogen-bond acceptors (Lipinski definition) is 4. The highest BCUT2D eigenvalue weighted by molar-refractivity contribution is 8.00. The van der Waals surface area contributed by atoms with E-state index in [1.807, 2.05) is 31.2 Å². The van der Waals surface area contributed by atoms with Crippen molar-refractivity contribution in [2.45, 2.75) is 36.2 Å². The molecule has 6 heteroatoms. The third-order valence-electron chi connectivity index (χ3n) is 3.76. The molecule has 116 valence electrons. The van der Waals surface area contributed by atoms with Crippen LogP contribution in [0, 0.1) is 0 Å². The number of carbonyl (C=O) groups is 1. The van der Waals surface area contributed by atoms with E-state index < -0.39 is 0 Å². The summed E-state index contributed by atoms with van der Waals surface area (Å²) in [4.78, 5) is 31.0. The number of amides is 1. The summed E-state index contributed by atoms with van der Waals surface area (Å²) >= 11 is 1.36. The van der Waals surface area contributed by atoms with Crippen molar-refractivity contribution in [3.63, 3.8) is 0 Å². The second kappa shape index (κ2) is 5.76. The van der Waals surface area contributed by atoms with Crippen LogP contribution in [0.25, 0.3) is 10.9 Å². The van der Waals surface area contributed by atoms with Crippen molar-refractivity contribution in [1.82, 2.24) is 14.5 Å². The van der Waals surface area contributed by atoms with Gasteiger partial charge < -0.3 is 4.90 Å². The number of thioether (sulfide) groups is 1. The van der Waals surface area contributed by atoms with E-state index in [2.05, 4.69) is 4.98 Å². The Kier molecular flexibility index (Phi) is 3.95. The zero-order chi connectivity index (χ0) is 15.9. The molecular weight excluding hydrogens is 298 g/mol. The smallest absolute Gasteiger partial charge is 0.262 e. The summed E-state index contributed by atoms with van der Waals surface area (Å²) in [7, 11) is 3.47. The molecule has 3 rings (SSSR count). The maximum Gasteiger partial charge on any atom is 0.262 e. The number of carbonyl (C=O) groups excluding carboxylic acids is 1. The largest absolute Gasteiger partial charge is 0.348 e. The van der Waals surface area contributed by atoms with Gasteiger partial charge in [0.15, 0.2) is 5.16 Å². The zero-order valence-electron chi connectivity index (χ0n) is 12.9. The Balaban J connectivity index is 2.06. The summed E-state index contributed by atoms with van der Waals surface area (Å²) in [6, 6.07) is 7.61. The van der Waals surface area contributed by atoms with Crippen LogP contribution < -0.4 is 5.56 Å². The van der Waals surface area contributed by atoms with Gasteiger partial charge in [0, 0.05) is 20.1 Å². The number of benzene rings is 1. The molecule has 1 atom stereocenters. The molecule has 0 unspecified atom stereocenters. The molecule has 1 amide bonds. The Hall–Kier alpha value is -1.82. The van der Waals surface area contributed by atoms with Gasteiger partial charge in [-0.25, -0.2) is 4.98 Å². The normalized spacial score (nSPS) is 15.8. The van der Waals surface area contributed by atoms with Crippen LogP contribution in [0.5, 0.6) is 0 Å². The van der Waals surface area contributed by atoms with E-state index >= 15 is 0 Å². The average Bonchev–Trinajstić information content (AvgIpc) is 3.31. The summed E-state index contributed by atoms with van der Waals surface area (Å²) in [5, 5.41) is 1.02. The first-order valence-electron chi connectivity index (χ1n) is 7.38. The van der Waals surface area contributed by atoms with Gasteiger partial charge in [0.2, 0.25) is 5.91 Å². The molecule has 1 aliphatic carbocycles. The van der Waals surface area contributed by atoms with Gasteiger partial charge in [0.25, 0.3) is 5.56 Å². The molecule has 1 saturated carbocycles. The lowest BCUT2D eigenvalue weighted by molar-refractivity contribution is -0.127. The molecule has 0 saturated heterocycles. The fraction of sp³-hybridized carbons (Fsp3) is 0.438. The van der Waals surface area contributed by atoms with E-state index in [1.165, 1.54) is 11.8 Å². The number of nitrogens with zero attached hydrogens (tertiary/aromatic N) is 3. The van der Waals surface area contributed by atoms with Crippen LogP contribution in [0.1, 0.15) is 25.8 Å². The van der Waals surface area contributed by atoms with E-state index in [9.17, 15) is 9.59 Å². The monoisotopic (exact) mass is 317 g/mol. The van der Waals surface area contributed by atoms with E-state index in [4.69, 9.17) is 0 Å². The number of fused-ring (bicyclic) bond motifs is 1. The minimum absolute atomic E-state index is 0.0000945. The lowest BCUT2D eigenvalue weighted by Crippen LogP contribution is -2.31. The molecule has 1 aromatic carbocycles. The van der Waals surface area contributed by atoms with E-state index in [-0.39, 0.29) is 22.8 Å². The van der Waals surface area contributed by atoms with Crippen molar-refractivity contribution >= 4 is 28.6 Å². The van der Waals surface area contributed by atoms with Gasteiger partial charge in [-0.05, 0) is 31.9 Å². The minimum atomic E-state index is -0.270. The molecule has 2 aromatic rings. The van der Waals surface area contributed by atoms with Gasteiger partial charge in [0.1, 0.15) is 0 Å². The van der Waals surface area contributed by atoms with Crippen molar-refractivity contribution in [2.24, 2.45) is 0 Å². The van der Waals surface area contributed by atoms with Gasteiger partial charge in [-0.2, -0.15) is 0 Å². The standard InChI is InChI=1S/C16H19N3O2S/c1-10(14(20)18(2)3)22-16-17-13-7-5-4-6-12(13)15(21)19(16)11-8-9-11/h4-7,10-11H,8-9H2,1-3H3/t10-/m0/s1. The highest BCUT2D eigenvalue weighted by atomic mass is 32.2. The third kappa shape index (κ3) is 2.75. The molecule has 1 aromatic heterocycles. The Morgan fingerprint density at radius 1 is 1.36 bits per heavy atom. The van der Waals surface area contributed by atoms with Crippen molar-refractivity contribution in [3.8, 4) is 0 Å². The molecular formula is C16H19N3O2S. The van der Waals surface area contributed by atoms with Gasteiger partial charge in [-0.1, -0.05) is 23.9 Å². The van der Waals surface area contributed by atoms with E-state index in [0.717, 1.165) is 12.8 Å². The maximum atomic E-state index is 12.7. The minimum Gasteiger partial charge on any atom is -0.348 e. The lowest BCUT2D eigenvalue weighted by atomic mass is 10.2. The van der Waals surface area contributed by atoms with Gasteiger partial charge in [0.05, 0.1) is 16.2 Å². The number of aromatic nitrogens is 2. The average molecular weight is 317 g/mol. The Labute approximate surface area is 133 Å². The quantitative estimate of drug-likeness (QED) is 0.641. The molecule has 1 fully saturated rings. The second-order valence-electron chi connectivity index (χ2n) is 5.81. The fourth-order valence-corrected chi connectivity index (χ4v) is 3.56. The van der Waals surface area contributed by atoms with Gasteiger partial charge in [-0.3, -0.25) is 14.2 Å². The summed E-state index contributed by atoms with van der Waals surface area (Å²) in [6.07, 6.45) is 2.01. The molecule has 22 heavy (non-hydrogen) atoms. The van der Waals surface area contributed by atoms with Crippen molar-refractivity contribution < 1.29 is 4.79 Å². The summed E-state index contributed by atoms with van der Waals surface area (Å²) < 4.78 is 1.77. The summed E-state index contributed by atoms with van der Waals surface area (Å²) in [5.74, 6) is 0.0229. The zero-order valence-corrected chi connectivity index (χ0v) is 13.8. The highest BCUT2D eigenvalue weighted by Gasteiger charge is 2.30. The third-order valence-corrected chi connectivity index (χ3v) is 4.81. The predicted molar refractivity (Wildman–Crippen MR) is 88.3 cm³/mol. The molecule has 0 spiro atoms. The highest BCUT2D eigenvalue weighted by Crippen LogP contribution is 2.37. The molecule has 1 aliphatic rings. The van der Waals surface area contributed by atoms with Crippen molar-refractivity contribution in [1.29, 1.82) is 0 Å². The first kappa shape index (κ1) is 15.1. The lowest BCUT2D eigenvalue weighted by Gasteiger charge is -2.18. The van der Waals surface area contributed by atoms with Crippen LogP contribution >= 0.6 is 11.8 Å². The molecule has 0 bridgehead atoms. The van der Waals surface area contributed by atoms with Crippen LogP contribution in [0.15, 0.2) is 34.2 Å². The molecule has 0 N–H and O–H groups in total. The molecule has 5 nitrogen and oxygen atoms in total. The Bertz CT molecular complexity index is 781. The van der Waals surface area contributed by atoms with E-state index in [1.54, 1.807) is 23.6 Å². The topological polar surface area (TPSA) is 55.2 Å². The van der Waals surface area contributed by atoms with Crippen molar-refractivity contribution in [2.75, 3.05) is 14.1 Å². The van der Waals surface area contributed by atoms with Gasteiger partial charge in [-0.15, -0.1) is 0 Å². The fourth-order valence-electron chi connectivity index (χ4n) is 2.44. The number of rotatable bonds is 4. The molecule has 0 aliphatic heterocycles. The SMILES string of the molecule is C[C@H](Sc1nc2ccccc2c(=O)n1C1CC1)C(=O)N(C)C. The molecule has 1 heterocycles. The number of para-hydroxylation sites is 1. The van der Waals surface area contributed by atoms with Crippen LogP contribution in [0.3, 0.4) is 0 Å². The first-order valence-corrected chi connectivity index (χ1v) is 8.26. The van der Waals surface area contributed by atoms with Crippen LogP contribution in [0.2, 0.25) is 0 Å². The summed E-state index contributed by atoms with van der Waals surface area (Å²) in [5.41, 5.74) is 0.691. The van der Waals surface area contributed by atoms with Crippen LogP contribution in [0.4, 0.5) is 0 Å². The van der Waals surface area contributed by atoms with Gasteiger partial charge >= 0.3 is 0 Å².